The van der Waals surface area contributed by atoms with Gasteiger partial charge in [0.15, 0.2) is 0 Å². The van der Waals surface area contributed by atoms with Gasteiger partial charge >= 0.3 is 0 Å². The Morgan fingerprint density at radius 2 is 1.90 bits per heavy atom. The first-order valence-corrected chi connectivity index (χ1v) is 6.93. The van der Waals surface area contributed by atoms with Gasteiger partial charge in [0.1, 0.15) is 5.49 Å². The third-order valence-electron chi connectivity index (χ3n) is 2.77. The van der Waals surface area contributed by atoms with Gasteiger partial charge < -0.3 is 0 Å². The molecule has 0 radical (unpaired) electrons. The van der Waals surface area contributed by atoms with Gasteiger partial charge in [0.05, 0.1) is 6.42 Å². The molecule has 4 heteroatoms. The molecule has 0 spiro atoms. The highest BCUT2D eigenvalue weighted by Gasteiger charge is 2.07. The van der Waals surface area contributed by atoms with Crippen molar-refractivity contribution in [2.24, 2.45) is 4.99 Å². The number of aromatic nitrogens is 1. The number of halogens is 1. The summed E-state index contributed by atoms with van der Waals surface area (Å²) in [6.45, 7) is 3.97. The smallest absolute Gasteiger partial charge is 0.236 e. The minimum absolute atomic E-state index is 0.00711. The molecule has 1 aromatic carbocycles. The van der Waals surface area contributed by atoms with Crippen molar-refractivity contribution in [1.29, 1.82) is 0 Å². The van der Waals surface area contributed by atoms with E-state index in [1.807, 2.05) is 44.2 Å². The van der Waals surface area contributed by atoms with Gasteiger partial charge in [-0.2, -0.15) is 0 Å². The van der Waals surface area contributed by atoms with Crippen molar-refractivity contribution in [2.45, 2.75) is 26.3 Å². The lowest BCUT2D eigenvalue weighted by Crippen LogP contribution is -2.28. The maximum absolute atomic E-state index is 12.4. The zero-order valence-corrected chi connectivity index (χ0v) is 12.3. The van der Waals surface area contributed by atoms with Crippen molar-refractivity contribution in [1.82, 2.24) is 4.57 Å². The summed E-state index contributed by atoms with van der Waals surface area (Å²) < 4.78 is 1.59. The normalized spacial score (nSPS) is 11.9. The Morgan fingerprint density at radius 1 is 1.20 bits per heavy atom. The number of nitrogens with zero attached hydrogens (tertiary/aromatic N) is 2. The minimum atomic E-state index is -0.00711. The third-order valence-corrected chi connectivity index (χ3v) is 3.02. The van der Waals surface area contributed by atoms with Gasteiger partial charge in [-0.25, -0.2) is 0 Å². The lowest BCUT2D eigenvalue weighted by atomic mass is 10.1. The minimum Gasteiger partial charge on any atom is -0.274 e. The summed E-state index contributed by atoms with van der Waals surface area (Å²) in [6.07, 6.45) is 2.08. The van der Waals surface area contributed by atoms with Crippen LogP contribution in [-0.4, -0.2) is 16.5 Å². The summed E-state index contributed by atoms with van der Waals surface area (Å²) in [5.74, 6) is -0.00711. The molecule has 0 unspecified atom stereocenters. The molecule has 1 heterocycles. The van der Waals surface area contributed by atoms with Gasteiger partial charge in [-0.1, -0.05) is 29.8 Å². The second-order valence-electron chi connectivity index (χ2n) is 4.85. The molecule has 0 atom stereocenters. The highest BCUT2D eigenvalue weighted by molar-refractivity contribution is 6.30. The van der Waals surface area contributed by atoms with Crippen molar-refractivity contribution in [3.63, 3.8) is 0 Å². The fourth-order valence-corrected chi connectivity index (χ4v) is 2.00. The summed E-state index contributed by atoms with van der Waals surface area (Å²) in [5, 5.41) is 0.670. The SMILES string of the molecule is CC(C)N=c1ccccn1C(=O)Cc1ccc(Cl)cc1. The van der Waals surface area contributed by atoms with E-state index in [1.165, 1.54) is 0 Å². The van der Waals surface area contributed by atoms with Crippen LogP contribution in [0.2, 0.25) is 5.02 Å². The Bertz CT molecular complexity index is 657. The van der Waals surface area contributed by atoms with Crippen LogP contribution in [-0.2, 0) is 6.42 Å². The van der Waals surface area contributed by atoms with Crippen LogP contribution in [0.15, 0.2) is 53.7 Å². The number of carbonyl (C=O) groups is 1. The number of rotatable bonds is 3. The Labute approximate surface area is 123 Å². The lowest BCUT2D eigenvalue weighted by Gasteiger charge is -2.07. The summed E-state index contributed by atoms with van der Waals surface area (Å²) in [7, 11) is 0. The van der Waals surface area contributed by atoms with Crippen molar-refractivity contribution in [2.75, 3.05) is 0 Å². The monoisotopic (exact) mass is 288 g/mol. The van der Waals surface area contributed by atoms with Crippen LogP contribution >= 0.6 is 11.6 Å². The molecule has 0 saturated heterocycles. The fraction of sp³-hybridized carbons (Fsp3) is 0.250. The summed E-state index contributed by atoms with van der Waals surface area (Å²) in [4.78, 5) is 16.8. The molecule has 0 bridgehead atoms. The molecular formula is C16H17ClN2O. The maximum atomic E-state index is 12.4. The Morgan fingerprint density at radius 3 is 2.55 bits per heavy atom. The molecule has 0 amide bonds. The standard InChI is InChI=1S/C16H17ClN2O/c1-12(2)18-15-5-3-4-10-19(15)16(20)11-13-6-8-14(17)9-7-13/h3-10,12H,11H2,1-2H3. The van der Waals surface area contributed by atoms with E-state index in [0.29, 0.717) is 16.9 Å². The van der Waals surface area contributed by atoms with E-state index in [2.05, 4.69) is 4.99 Å². The molecule has 0 N–H and O–H groups in total. The van der Waals surface area contributed by atoms with E-state index in [1.54, 1.807) is 22.9 Å². The largest absolute Gasteiger partial charge is 0.274 e. The van der Waals surface area contributed by atoms with Crippen LogP contribution in [0.25, 0.3) is 0 Å². The average Bonchev–Trinajstić information content (AvgIpc) is 2.41. The summed E-state index contributed by atoms with van der Waals surface area (Å²) >= 11 is 5.84. The van der Waals surface area contributed by atoms with E-state index >= 15 is 0 Å². The molecule has 20 heavy (non-hydrogen) atoms. The van der Waals surface area contributed by atoms with Gasteiger partial charge in [0.2, 0.25) is 5.91 Å². The zero-order valence-electron chi connectivity index (χ0n) is 11.6. The molecule has 2 rings (SSSR count). The number of hydrogen-bond acceptors (Lipinski definition) is 2. The van der Waals surface area contributed by atoms with E-state index < -0.39 is 0 Å². The highest BCUT2D eigenvalue weighted by Crippen LogP contribution is 2.10. The third kappa shape index (κ3) is 3.81. The van der Waals surface area contributed by atoms with Gasteiger partial charge in [0, 0.05) is 17.3 Å². The molecule has 0 saturated carbocycles. The van der Waals surface area contributed by atoms with Crippen LogP contribution in [0.5, 0.6) is 0 Å². The van der Waals surface area contributed by atoms with Crippen molar-refractivity contribution < 1.29 is 4.79 Å². The fourth-order valence-electron chi connectivity index (χ4n) is 1.88. The molecule has 0 aliphatic rings. The zero-order chi connectivity index (χ0) is 14.5. The summed E-state index contributed by atoms with van der Waals surface area (Å²) in [5.41, 5.74) is 1.62. The van der Waals surface area contributed by atoms with Crippen molar-refractivity contribution in [3.8, 4) is 0 Å². The van der Waals surface area contributed by atoms with Crippen LogP contribution in [0.1, 0.15) is 24.2 Å². The predicted molar refractivity (Wildman–Crippen MR) is 80.9 cm³/mol. The van der Waals surface area contributed by atoms with E-state index in [-0.39, 0.29) is 11.9 Å². The summed E-state index contributed by atoms with van der Waals surface area (Å²) in [6, 6.07) is 13.0. The van der Waals surface area contributed by atoms with Crippen LogP contribution < -0.4 is 5.49 Å². The van der Waals surface area contributed by atoms with Gasteiger partial charge in [-0.05, 0) is 43.7 Å². The number of hydrogen-bond donors (Lipinski definition) is 0. The first-order chi connectivity index (χ1) is 9.56. The molecule has 0 aliphatic heterocycles. The Kier molecular flexibility index (Phi) is 4.74. The van der Waals surface area contributed by atoms with Gasteiger partial charge in [-0.3, -0.25) is 14.4 Å². The molecule has 3 nitrogen and oxygen atoms in total. The maximum Gasteiger partial charge on any atom is 0.236 e. The lowest BCUT2D eigenvalue weighted by molar-refractivity contribution is 0.0908. The van der Waals surface area contributed by atoms with Crippen molar-refractivity contribution >= 4 is 17.5 Å². The van der Waals surface area contributed by atoms with E-state index in [0.717, 1.165) is 5.56 Å². The van der Waals surface area contributed by atoms with Crippen LogP contribution in [0.4, 0.5) is 0 Å². The quantitative estimate of drug-likeness (QED) is 0.853. The Hall–Kier alpha value is -1.87. The van der Waals surface area contributed by atoms with E-state index in [4.69, 9.17) is 11.6 Å². The molecule has 104 valence electrons. The molecule has 1 aromatic heterocycles. The first kappa shape index (κ1) is 14.5. The first-order valence-electron chi connectivity index (χ1n) is 6.55. The number of carbonyl (C=O) groups excluding carboxylic acids is 1. The molecular weight excluding hydrogens is 272 g/mol. The second-order valence-corrected chi connectivity index (χ2v) is 5.29. The highest BCUT2D eigenvalue weighted by atomic mass is 35.5. The van der Waals surface area contributed by atoms with E-state index in [9.17, 15) is 4.79 Å². The molecule has 2 aromatic rings. The average molecular weight is 289 g/mol. The molecule has 0 aliphatic carbocycles. The number of pyridine rings is 1. The molecule has 0 fully saturated rings. The van der Waals surface area contributed by atoms with Gasteiger partial charge in [0.25, 0.3) is 0 Å². The Balaban J connectivity index is 2.28. The van der Waals surface area contributed by atoms with Gasteiger partial charge in [-0.15, -0.1) is 0 Å². The number of benzene rings is 1. The second kappa shape index (κ2) is 6.53. The predicted octanol–water partition coefficient (Wildman–Crippen LogP) is 3.33. The van der Waals surface area contributed by atoms with Crippen LogP contribution in [0.3, 0.4) is 0 Å². The van der Waals surface area contributed by atoms with Crippen molar-refractivity contribution in [3.05, 3.63) is 64.7 Å². The topological polar surface area (TPSA) is 34.4 Å². The van der Waals surface area contributed by atoms with Crippen LogP contribution in [0, 0.1) is 0 Å².